The second-order valence-corrected chi connectivity index (χ2v) is 4.20. The Balaban J connectivity index is 2.15. The van der Waals surface area contributed by atoms with Gasteiger partial charge in [-0.05, 0) is 12.8 Å². The molecule has 1 fully saturated rings. The molecule has 0 atom stereocenters. The van der Waals surface area contributed by atoms with Gasteiger partial charge in [-0.15, -0.1) is 0 Å². The van der Waals surface area contributed by atoms with Gasteiger partial charge in [-0.2, -0.15) is 0 Å². The van der Waals surface area contributed by atoms with Crippen LogP contribution in [-0.4, -0.2) is 28.6 Å². The normalized spacial score (nSPS) is 14.5. The van der Waals surface area contributed by atoms with E-state index in [1.54, 1.807) is 0 Å². The summed E-state index contributed by atoms with van der Waals surface area (Å²) >= 11 is 5.68. The summed E-state index contributed by atoms with van der Waals surface area (Å²) in [4.78, 5) is 27.1. The Morgan fingerprint density at radius 2 is 2.41 bits per heavy atom. The van der Waals surface area contributed by atoms with Gasteiger partial charge in [-0.3, -0.25) is 14.2 Å². The van der Waals surface area contributed by atoms with Crippen LogP contribution in [0.15, 0.2) is 11.1 Å². The zero-order chi connectivity index (χ0) is 12.4. The molecule has 17 heavy (non-hydrogen) atoms. The lowest BCUT2D eigenvalue weighted by Gasteiger charge is -2.08. The van der Waals surface area contributed by atoms with Crippen LogP contribution < -0.4 is 15.6 Å². The Labute approximate surface area is 103 Å². The van der Waals surface area contributed by atoms with Gasteiger partial charge < -0.3 is 10.1 Å². The first-order valence-corrected chi connectivity index (χ1v) is 5.58. The standard InChI is InChI=1S/C10H12ClN3O3/c1-17-8-9(11)12-5-14(10(8)16)4-7(15)13-6-2-3-6/h5-6H,2-4H2,1H3,(H,13,15). The lowest BCUT2D eigenvalue weighted by Crippen LogP contribution is -2.33. The zero-order valence-electron chi connectivity index (χ0n) is 9.27. The average molecular weight is 258 g/mol. The Kier molecular flexibility index (Phi) is 3.33. The molecule has 0 aliphatic heterocycles. The van der Waals surface area contributed by atoms with Crippen molar-refractivity contribution in [3.05, 3.63) is 21.8 Å². The van der Waals surface area contributed by atoms with Crippen molar-refractivity contribution in [1.29, 1.82) is 0 Å². The molecule has 1 saturated carbocycles. The number of amides is 1. The maximum absolute atomic E-state index is 11.8. The van der Waals surface area contributed by atoms with Crippen LogP contribution in [0.4, 0.5) is 0 Å². The Morgan fingerprint density at radius 3 is 3.00 bits per heavy atom. The predicted molar refractivity (Wildman–Crippen MR) is 61.2 cm³/mol. The summed E-state index contributed by atoms with van der Waals surface area (Å²) in [6.45, 7) is -0.0735. The lowest BCUT2D eigenvalue weighted by molar-refractivity contribution is -0.121. The van der Waals surface area contributed by atoms with Crippen molar-refractivity contribution in [3.63, 3.8) is 0 Å². The third-order valence-corrected chi connectivity index (χ3v) is 2.68. The van der Waals surface area contributed by atoms with E-state index in [4.69, 9.17) is 16.3 Å². The van der Waals surface area contributed by atoms with Crippen molar-refractivity contribution >= 4 is 17.5 Å². The fourth-order valence-electron chi connectivity index (χ4n) is 1.39. The minimum absolute atomic E-state index is 0.00338. The molecule has 0 bridgehead atoms. The topological polar surface area (TPSA) is 73.2 Å². The van der Waals surface area contributed by atoms with E-state index in [9.17, 15) is 9.59 Å². The summed E-state index contributed by atoms with van der Waals surface area (Å²) < 4.78 is 6.00. The quantitative estimate of drug-likeness (QED) is 0.781. The Bertz CT molecular complexity index is 496. The Morgan fingerprint density at radius 1 is 1.71 bits per heavy atom. The first-order chi connectivity index (χ1) is 8.11. The number of aromatic nitrogens is 2. The number of nitrogens with zero attached hydrogens (tertiary/aromatic N) is 2. The van der Waals surface area contributed by atoms with Crippen molar-refractivity contribution in [2.75, 3.05) is 7.11 Å². The number of hydrogen-bond donors (Lipinski definition) is 1. The molecule has 0 aromatic carbocycles. The molecule has 1 N–H and O–H groups in total. The molecule has 0 unspecified atom stereocenters. The third kappa shape index (κ3) is 2.76. The van der Waals surface area contributed by atoms with Gasteiger partial charge in [0.15, 0.2) is 5.15 Å². The highest BCUT2D eigenvalue weighted by atomic mass is 35.5. The van der Waals surface area contributed by atoms with Crippen LogP contribution in [0, 0.1) is 0 Å². The zero-order valence-corrected chi connectivity index (χ0v) is 10.0. The molecule has 92 valence electrons. The van der Waals surface area contributed by atoms with E-state index in [0.29, 0.717) is 0 Å². The molecular formula is C10H12ClN3O3. The van der Waals surface area contributed by atoms with Crippen molar-refractivity contribution in [1.82, 2.24) is 14.9 Å². The summed E-state index contributed by atoms with van der Waals surface area (Å²) in [6.07, 6.45) is 3.24. The Hall–Kier alpha value is -1.56. The van der Waals surface area contributed by atoms with Gasteiger partial charge in [0.05, 0.1) is 13.4 Å². The number of rotatable bonds is 4. The number of carbonyl (C=O) groups is 1. The maximum atomic E-state index is 11.8. The number of hydrogen-bond acceptors (Lipinski definition) is 4. The highest BCUT2D eigenvalue weighted by Crippen LogP contribution is 2.18. The number of methoxy groups -OCH3 is 1. The van der Waals surface area contributed by atoms with E-state index >= 15 is 0 Å². The SMILES string of the molecule is COc1c(Cl)ncn(CC(=O)NC2CC2)c1=O. The van der Waals surface area contributed by atoms with Gasteiger partial charge >= 0.3 is 0 Å². The molecule has 6 nitrogen and oxygen atoms in total. The fourth-order valence-corrected chi connectivity index (χ4v) is 1.59. The van der Waals surface area contributed by atoms with Crippen LogP contribution in [-0.2, 0) is 11.3 Å². The van der Waals surface area contributed by atoms with E-state index in [2.05, 4.69) is 10.3 Å². The summed E-state index contributed by atoms with van der Waals surface area (Å²) in [5.74, 6) is -0.255. The lowest BCUT2D eigenvalue weighted by atomic mass is 10.5. The molecule has 0 saturated heterocycles. The highest BCUT2D eigenvalue weighted by Gasteiger charge is 2.23. The van der Waals surface area contributed by atoms with Gasteiger partial charge in [0.1, 0.15) is 6.54 Å². The van der Waals surface area contributed by atoms with Crippen molar-refractivity contribution < 1.29 is 9.53 Å². The molecule has 7 heteroatoms. The van der Waals surface area contributed by atoms with E-state index in [-0.39, 0.29) is 29.4 Å². The number of ether oxygens (including phenoxy) is 1. The molecular weight excluding hydrogens is 246 g/mol. The van der Waals surface area contributed by atoms with Crippen LogP contribution in [0.5, 0.6) is 5.75 Å². The molecule has 1 aromatic heterocycles. The highest BCUT2D eigenvalue weighted by molar-refractivity contribution is 6.30. The summed E-state index contributed by atoms with van der Waals surface area (Å²) in [5.41, 5.74) is -0.460. The third-order valence-electron chi connectivity index (χ3n) is 2.41. The molecule has 2 rings (SSSR count). The summed E-state index contributed by atoms with van der Waals surface area (Å²) in [7, 11) is 1.33. The van der Waals surface area contributed by atoms with E-state index in [1.165, 1.54) is 18.0 Å². The van der Waals surface area contributed by atoms with Crippen molar-refractivity contribution in [2.45, 2.75) is 25.4 Å². The fraction of sp³-hybridized carbons (Fsp3) is 0.500. The molecule has 1 heterocycles. The van der Waals surface area contributed by atoms with Crippen LogP contribution in [0.25, 0.3) is 0 Å². The summed E-state index contributed by atoms with van der Waals surface area (Å²) in [5, 5.41) is 2.78. The monoisotopic (exact) mass is 257 g/mol. The van der Waals surface area contributed by atoms with Gasteiger partial charge in [0.2, 0.25) is 11.7 Å². The number of halogens is 1. The van der Waals surface area contributed by atoms with Crippen LogP contribution in [0.3, 0.4) is 0 Å². The molecule has 0 spiro atoms. The van der Waals surface area contributed by atoms with E-state index in [0.717, 1.165) is 12.8 Å². The number of carbonyl (C=O) groups excluding carboxylic acids is 1. The van der Waals surface area contributed by atoms with Gasteiger partial charge in [0, 0.05) is 6.04 Å². The molecule has 1 aliphatic rings. The van der Waals surface area contributed by atoms with Crippen LogP contribution >= 0.6 is 11.6 Å². The van der Waals surface area contributed by atoms with Crippen molar-refractivity contribution in [2.24, 2.45) is 0 Å². The molecule has 0 radical (unpaired) electrons. The van der Waals surface area contributed by atoms with Gasteiger partial charge in [-0.25, -0.2) is 4.98 Å². The van der Waals surface area contributed by atoms with Gasteiger partial charge in [-0.1, -0.05) is 11.6 Å². The average Bonchev–Trinajstić information content (AvgIpc) is 3.07. The minimum Gasteiger partial charge on any atom is -0.489 e. The molecule has 1 aliphatic carbocycles. The van der Waals surface area contributed by atoms with Crippen LogP contribution in [0.2, 0.25) is 5.15 Å². The molecule has 1 aromatic rings. The first kappa shape index (κ1) is 11.9. The first-order valence-electron chi connectivity index (χ1n) is 5.20. The van der Waals surface area contributed by atoms with Crippen molar-refractivity contribution in [3.8, 4) is 5.75 Å². The van der Waals surface area contributed by atoms with Crippen LogP contribution in [0.1, 0.15) is 12.8 Å². The second-order valence-electron chi connectivity index (χ2n) is 3.84. The van der Waals surface area contributed by atoms with E-state index < -0.39 is 5.56 Å². The van der Waals surface area contributed by atoms with E-state index in [1.807, 2.05) is 0 Å². The molecule has 1 amide bonds. The summed E-state index contributed by atoms with van der Waals surface area (Å²) in [6, 6.07) is 0.264. The maximum Gasteiger partial charge on any atom is 0.297 e. The second kappa shape index (κ2) is 4.75. The van der Waals surface area contributed by atoms with Gasteiger partial charge in [0.25, 0.3) is 5.56 Å². The predicted octanol–water partition coefficient (Wildman–Crippen LogP) is 0.184. The minimum atomic E-state index is -0.460. The largest absolute Gasteiger partial charge is 0.489 e. The number of nitrogens with one attached hydrogen (secondary N) is 1. The smallest absolute Gasteiger partial charge is 0.297 e.